The predicted octanol–water partition coefficient (Wildman–Crippen LogP) is 1.45. The fourth-order valence-corrected chi connectivity index (χ4v) is 1.53. The van der Waals surface area contributed by atoms with Crippen LogP contribution in [0.5, 0.6) is 0 Å². The molecule has 0 unspecified atom stereocenters. The van der Waals surface area contributed by atoms with Crippen LogP contribution in [0.25, 0.3) is 0 Å². The van der Waals surface area contributed by atoms with Crippen LogP contribution in [0.1, 0.15) is 0 Å². The third kappa shape index (κ3) is 2.19. The second kappa shape index (κ2) is 3.91. The number of rotatable bonds is 3. The van der Waals surface area contributed by atoms with E-state index in [9.17, 15) is 18.5 Å². The number of benzene rings is 1. The van der Waals surface area contributed by atoms with Gasteiger partial charge in [-0.3, -0.25) is 10.1 Å². The second-order valence-corrected chi connectivity index (χ2v) is 4.15. The summed E-state index contributed by atoms with van der Waals surface area (Å²) in [6.45, 7) is 0. The summed E-state index contributed by atoms with van der Waals surface area (Å²) in [5, 5.41) is 10.2. The minimum absolute atomic E-state index is 0.210. The van der Waals surface area contributed by atoms with Crippen LogP contribution in [0, 0.1) is 10.1 Å². The maximum atomic E-state index is 11.0. The molecule has 6 nitrogen and oxygen atoms in total. The molecule has 1 aromatic carbocycles. The molecule has 1 aromatic rings. The zero-order chi connectivity index (χ0) is 10.8. The van der Waals surface area contributed by atoms with Crippen LogP contribution in [-0.4, -0.2) is 13.3 Å². The zero-order valence-electron chi connectivity index (χ0n) is 6.58. The van der Waals surface area contributed by atoms with Crippen LogP contribution >= 0.6 is 11.9 Å². The van der Waals surface area contributed by atoms with E-state index in [0.717, 1.165) is 24.3 Å². The van der Waals surface area contributed by atoms with Gasteiger partial charge in [0.1, 0.15) is 0 Å². The molecule has 0 aromatic heterocycles. The Kier molecular flexibility index (Phi) is 3.04. The number of halogens is 1. The Morgan fingerprint density at radius 3 is 2.14 bits per heavy atom. The Labute approximate surface area is 84.5 Å². The third-order valence-electron chi connectivity index (χ3n) is 1.42. The monoisotopic (exact) mass is 237 g/mol. The van der Waals surface area contributed by atoms with Gasteiger partial charge in [0.2, 0.25) is 0 Å². The molecule has 0 saturated carbocycles. The van der Waals surface area contributed by atoms with Crippen molar-refractivity contribution in [2.24, 2.45) is 0 Å². The zero-order valence-corrected chi connectivity index (χ0v) is 8.16. The van der Waals surface area contributed by atoms with Crippen molar-refractivity contribution in [1.29, 1.82) is 0 Å². The number of non-ortho nitro benzene ring substituents is 1. The van der Waals surface area contributed by atoms with Crippen LogP contribution in [0.15, 0.2) is 29.2 Å². The van der Waals surface area contributed by atoms with Crippen molar-refractivity contribution < 1.29 is 17.1 Å². The molecule has 0 aliphatic rings. The normalized spacial score (nSPS) is 11.2. The highest BCUT2D eigenvalue weighted by atomic mass is 35.5. The average Bonchev–Trinajstić information content (AvgIpc) is 2.18. The average molecular weight is 238 g/mol. The SMILES string of the molecule is O=[N+]([O-])c1ccc(S(=O)(=O)OCl)cc1. The first kappa shape index (κ1) is 10.9. The molecule has 14 heavy (non-hydrogen) atoms. The molecule has 0 saturated heterocycles. The Hall–Kier alpha value is -1.18. The summed E-state index contributed by atoms with van der Waals surface area (Å²) in [4.78, 5) is 9.35. The van der Waals surface area contributed by atoms with Gasteiger partial charge in [-0.15, -0.1) is 0 Å². The molecule has 0 fully saturated rings. The van der Waals surface area contributed by atoms with Gasteiger partial charge in [0.15, 0.2) is 0 Å². The number of nitro groups is 1. The molecular formula is C6H4ClNO5S. The van der Waals surface area contributed by atoms with Crippen LogP contribution in [0.2, 0.25) is 0 Å². The van der Waals surface area contributed by atoms with E-state index in [4.69, 9.17) is 11.9 Å². The lowest BCUT2D eigenvalue weighted by Crippen LogP contribution is -1.99. The Morgan fingerprint density at radius 2 is 1.79 bits per heavy atom. The van der Waals surface area contributed by atoms with E-state index < -0.39 is 15.0 Å². The van der Waals surface area contributed by atoms with Gasteiger partial charge in [0, 0.05) is 12.1 Å². The molecule has 1 rings (SSSR count). The van der Waals surface area contributed by atoms with Gasteiger partial charge in [0.25, 0.3) is 5.69 Å². The standard InChI is InChI=1S/C6H4ClNO5S/c7-13-14(11,12)6-3-1-5(2-4-6)8(9)10/h1-4H. The van der Waals surface area contributed by atoms with Crippen LogP contribution in [0.3, 0.4) is 0 Å². The molecule has 0 heterocycles. The van der Waals surface area contributed by atoms with Gasteiger partial charge in [-0.25, -0.2) is 0 Å². The number of hydrogen-bond donors (Lipinski definition) is 0. The Balaban J connectivity index is 3.12. The van der Waals surface area contributed by atoms with Crippen LogP contribution < -0.4 is 0 Å². The van der Waals surface area contributed by atoms with Gasteiger partial charge in [-0.05, 0) is 12.1 Å². The van der Waals surface area contributed by atoms with Crippen LogP contribution in [-0.2, 0) is 13.9 Å². The fraction of sp³-hybridized carbons (Fsp3) is 0. The highest BCUT2D eigenvalue weighted by Gasteiger charge is 2.15. The van der Waals surface area contributed by atoms with Gasteiger partial charge in [-0.1, -0.05) is 0 Å². The highest BCUT2D eigenvalue weighted by Crippen LogP contribution is 2.17. The Bertz CT molecular complexity index is 440. The van der Waals surface area contributed by atoms with E-state index in [1.807, 2.05) is 0 Å². The quantitative estimate of drug-likeness (QED) is 0.587. The minimum atomic E-state index is -4.00. The van der Waals surface area contributed by atoms with Crippen molar-refractivity contribution in [2.45, 2.75) is 4.90 Å². The van der Waals surface area contributed by atoms with E-state index in [1.165, 1.54) is 0 Å². The van der Waals surface area contributed by atoms with E-state index in [-0.39, 0.29) is 10.6 Å². The topological polar surface area (TPSA) is 86.5 Å². The molecule has 0 bridgehead atoms. The van der Waals surface area contributed by atoms with Crippen molar-refractivity contribution >= 4 is 27.7 Å². The van der Waals surface area contributed by atoms with E-state index in [2.05, 4.69) is 3.74 Å². The maximum absolute atomic E-state index is 11.0. The first-order valence-electron chi connectivity index (χ1n) is 3.27. The molecule has 0 radical (unpaired) electrons. The first-order chi connectivity index (χ1) is 6.47. The first-order valence-corrected chi connectivity index (χ1v) is 4.99. The van der Waals surface area contributed by atoms with Gasteiger partial charge >= 0.3 is 10.1 Å². The molecule has 8 heteroatoms. The van der Waals surface area contributed by atoms with Crippen molar-refractivity contribution in [1.82, 2.24) is 0 Å². The summed E-state index contributed by atoms with van der Waals surface area (Å²) in [6, 6.07) is 4.16. The number of nitrogens with zero attached hydrogens (tertiary/aromatic N) is 1. The molecule has 0 aliphatic carbocycles. The Morgan fingerprint density at radius 1 is 1.29 bits per heavy atom. The molecule has 0 atom stereocenters. The molecule has 76 valence electrons. The lowest BCUT2D eigenvalue weighted by molar-refractivity contribution is -0.384. The van der Waals surface area contributed by atoms with Crippen LogP contribution in [0.4, 0.5) is 5.69 Å². The smallest absolute Gasteiger partial charge is 0.258 e. The van der Waals surface area contributed by atoms with E-state index >= 15 is 0 Å². The van der Waals surface area contributed by atoms with Crippen molar-refractivity contribution in [3.05, 3.63) is 34.4 Å². The summed E-state index contributed by atoms with van der Waals surface area (Å²) in [5.41, 5.74) is -0.210. The minimum Gasteiger partial charge on any atom is -0.258 e. The molecule has 0 spiro atoms. The van der Waals surface area contributed by atoms with E-state index in [1.54, 1.807) is 0 Å². The predicted molar refractivity (Wildman–Crippen MR) is 47.2 cm³/mol. The lowest BCUT2D eigenvalue weighted by Gasteiger charge is -1.97. The van der Waals surface area contributed by atoms with Crippen molar-refractivity contribution in [3.8, 4) is 0 Å². The number of nitro benzene ring substituents is 1. The summed E-state index contributed by atoms with van der Waals surface area (Å²) in [5.74, 6) is 0. The number of hydrogen-bond acceptors (Lipinski definition) is 5. The largest absolute Gasteiger partial charge is 0.312 e. The summed E-state index contributed by atoms with van der Waals surface area (Å²) in [6.07, 6.45) is 0. The maximum Gasteiger partial charge on any atom is 0.312 e. The molecule has 0 aliphatic heterocycles. The summed E-state index contributed by atoms with van der Waals surface area (Å²) < 4.78 is 25.6. The van der Waals surface area contributed by atoms with Gasteiger partial charge in [0.05, 0.1) is 21.7 Å². The summed E-state index contributed by atoms with van der Waals surface area (Å²) >= 11 is 4.71. The van der Waals surface area contributed by atoms with Gasteiger partial charge in [-0.2, -0.15) is 12.2 Å². The van der Waals surface area contributed by atoms with Crippen molar-refractivity contribution in [2.75, 3.05) is 0 Å². The second-order valence-electron chi connectivity index (χ2n) is 2.27. The third-order valence-corrected chi connectivity index (χ3v) is 2.93. The molecule has 0 amide bonds. The lowest BCUT2D eigenvalue weighted by atomic mass is 10.3. The molecule has 0 N–H and O–H groups in total. The molecular weight excluding hydrogens is 234 g/mol. The van der Waals surface area contributed by atoms with E-state index in [0.29, 0.717) is 0 Å². The fourth-order valence-electron chi connectivity index (χ4n) is 0.771. The summed E-state index contributed by atoms with van der Waals surface area (Å²) in [7, 11) is -4.00. The van der Waals surface area contributed by atoms with Gasteiger partial charge < -0.3 is 0 Å². The highest BCUT2D eigenvalue weighted by molar-refractivity contribution is 7.87. The van der Waals surface area contributed by atoms with Crippen molar-refractivity contribution in [3.63, 3.8) is 0 Å².